The number of aryl methyl sites for hydroxylation is 1. The first-order valence-electron chi connectivity index (χ1n) is 11.0. The van der Waals surface area contributed by atoms with Crippen molar-refractivity contribution in [3.63, 3.8) is 0 Å². The van der Waals surface area contributed by atoms with Crippen molar-refractivity contribution in [2.24, 2.45) is 0 Å². The number of pyridine rings is 1. The molecule has 1 aliphatic heterocycles. The number of aromatic nitrogens is 6. The number of aliphatic hydroxyl groups is 1. The minimum Gasteiger partial charge on any atom is -0.489 e. The Hall–Kier alpha value is -2.96. The lowest BCUT2D eigenvalue weighted by Gasteiger charge is -2.25. The highest BCUT2D eigenvalue weighted by Crippen LogP contribution is 2.34. The Kier molecular flexibility index (Phi) is 6.91. The van der Waals surface area contributed by atoms with Crippen LogP contribution in [0.15, 0.2) is 30.7 Å². The van der Waals surface area contributed by atoms with Gasteiger partial charge < -0.3 is 14.6 Å². The van der Waals surface area contributed by atoms with E-state index >= 15 is 0 Å². The van der Waals surface area contributed by atoms with Crippen LogP contribution < -0.4 is 4.74 Å². The summed E-state index contributed by atoms with van der Waals surface area (Å²) in [4.78, 5) is 12.9. The van der Waals surface area contributed by atoms with E-state index < -0.39 is 33.0 Å². The second-order valence-corrected chi connectivity index (χ2v) is 10.9. The van der Waals surface area contributed by atoms with E-state index in [1.807, 2.05) is 20.8 Å². The maximum absolute atomic E-state index is 13.5. The van der Waals surface area contributed by atoms with Crippen LogP contribution in [0.2, 0.25) is 0 Å². The summed E-state index contributed by atoms with van der Waals surface area (Å²) < 4.78 is 40.4. The van der Waals surface area contributed by atoms with Gasteiger partial charge >= 0.3 is 0 Å². The Morgan fingerprint density at radius 2 is 1.94 bits per heavy atom. The molecule has 182 valence electrons. The number of nitrogens with zero attached hydrogens (tertiary/aromatic N) is 6. The Balaban J connectivity index is 1.69. The van der Waals surface area contributed by atoms with Gasteiger partial charge in [-0.05, 0) is 45.4 Å². The molecular formula is C22H28N6O5S. The van der Waals surface area contributed by atoms with E-state index in [2.05, 4.69) is 25.1 Å². The molecule has 3 aromatic heterocycles. The summed E-state index contributed by atoms with van der Waals surface area (Å²) >= 11 is 0. The molecule has 0 aromatic carbocycles. The highest BCUT2D eigenvalue weighted by atomic mass is 32.2. The van der Waals surface area contributed by atoms with E-state index in [9.17, 15) is 13.5 Å². The lowest BCUT2D eigenvalue weighted by atomic mass is 10.2. The molecule has 4 rings (SSSR count). The van der Waals surface area contributed by atoms with Gasteiger partial charge in [-0.2, -0.15) is 0 Å². The van der Waals surface area contributed by atoms with Crippen LogP contribution in [-0.4, -0.2) is 67.8 Å². The zero-order valence-electron chi connectivity index (χ0n) is 19.5. The Morgan fingerprint density at radius 3 is 2.62 bits per heavy atom. The number of hydrogen-bond acceptors (Lipinski definition) is 10. The van der Waals surface area contributed by atoms with Crippen LogP contribution in [0.4, 0.5) is 0 Å². The molecule has 1 aliphatic rings. The van der Waals surface area contributed by atoms with Gasteiger partial charge in [-0.25, -0.2) is 23.4 Å². The highest BCUT2D eigenvalue weighted by Gasteiger charge is 2.37. The van der Waals surface area contributed by atoms with Crippen LogP contribution in [-0.2, 0) is 20.3 Å². The fraction of sp³-hybridized carbons (Fsp3) is 0.500. The number of ether oxygens (including phenoxy) is 2. The SMILES string of the molecule is Cc1cnc([C@H](OC(C)C)[C@H](C)S(=O)(=O)Cc2nnc3n2[C@H](CO)COc2cccnc2-3)nc1. The third-order valence-corrected chi connectivity index (χ3v) is 7.59. The molecule has 3 atom stereocenters. The largest absolute Gasteiger partial charge is 0.489 e. The van der Waals surface area contributed by atoms with Crippen molar-refractivity contribution in [2.75, 3.05) is 13.2 Å². The van der Waals surface area contributed by atoms with Gasteiger partial charge in [0.25, 0.3) is 0 Å². The molecule has 0 fully saturated rings. The molecule has 12 heteroatoms. The molecule has 0 saturated heterocycles. The fourth-order valence-corrected chi connectivity index (χ4v) is 5.14. The molecule has 0 saturated carbocycles. The monoisotopic (exact) mass is 488 g/mol. The zero-order chi connectivity index (χ0) is 24.5. The van der Waals surface area contributed by atoms with Crippen molar-refractivity contribution in [3.05, 3.63) is 47.9 Å². The number of fused-ring (bicyclic) bond motifs is 3. The van der Waals surface area contributed by atoms with Gasteiger partial charge in [-0.3, -0.25) is 4.57 Å². The van der Waals surface area contributed by atoms with Gasteiger partial charge in [-0.1, -0.05) is 0 Å². The second kappa shape index (κ2) is 9.72. The maximum Gasteiger partial charge on any atom is 0.186 e. The van der Waals surface area contributed by atoms with Crippen LogP contribution >= 0.6 is 0 Å². The number of aliphatic hydroxyl groups excluding tert-OH is 1. The van der Waals surface area contributed by atoms with Crippen LogP contribution in [0.3, 0.4) is 0 Å². The van der Waals surface area contributed by atoms with Crippen molar-refractivity contribution in [1.82, 2.24) is 29.7 Å². The molecule has 11 nitrogen and oxygen atoms in total. The topological polar surface area (TPSA) is 142 Å². The lowest BCUT2D eigenvalue weighted by Crippen LogP contribution is -2.32. The molecule has 0 unspecified atom stereocenters. The quantitative estimate of drug-likeness (QED) is 0.499. The predicted molar refractivity (Wildman–Crippen MR) is 123 cm³/mol. The minimum atomic E-state index is -3.81. The number of sulfone groups is 1. The van der Waals surface area contributed by atoms with E-state index in [0.29, 0.717) is 23.1 Å². The third kappa shape index (κ3) is 4.79. The number of hydrogen-bond donors (Lipinski definition) is 1. The zero-order valence-corrected chi connectivity index (χ0v) is 20.3. The minimum absolute atomic E-state index is 0.124. The molecule has 34 heavy (non-hydrogen) atoms. The molecule has 0 spiro atoms. The van der Waals surface area contributed by atoms with Crippen molar-refractivity contribution in [1.29, 1.82) is 0 Å². The van der Waals surface area contributed by atoms with Crippen molar-refractivity contribution in [2.45, 2.75) is 56.9 Å². The molecule has 3 aromatic rings. The van der Waals surface area contributed by atoms with Gasteiger partial charge in [0.05, 0.1) is 24.0 Å². The van der Waals surface area contributed by atoms with E-state index in [4.69, 9.17) is 9.47 Å². The van der Waals surface area contributed by atoms with Gasteiger partial charge in [0, 0.05) is 18.6 Å². The Bertz CT molecular complexity index is 1240. The Morgan fingerprint density at radius 1 is 1.21 bits per heavy atom. The highest BCUT2D eigenvalue weighted by molar-refractivity contribution is 7.91. The van der Waals surface area contributed by atoms with Gasteiger partial charge in [0.15, 0.2) is 21.5 Å². The molecule has 0 aliphatic carbocycles. The first kappa shape index (κ1) is 24.2. The molecule has 4 heterocycles. The van der Waals surface area contributed by atoms with Crippen molar-refractivity contribution < 1.29 is 23.0 Å². The normalized spacial score (nSPS) is 17.4. The third-order valence-electron chi connectivity index (χ3n) is 5.55. The first-order chi connectivity index (χ1) is 16.2. The summed E-state index contributed by atoms with van der Waals surface area (Å²) in [6.45, 7) is 6.93. The van der Waals surface area contributed by atoms with Gasteiger partial charge in [-0.15, -0.1) is 10.2 Å². The average Bonchev–Trinajstić information content (AvgIpc) is 3.12. The predicted octanol–water partition coefficient (Wildman–Crippen LogP) is 1.83. The van der Waals surface area contributed by atoms with Crippen LogP contribution in [0, 0.1) is 6.92 Å². The van der Waals surface area contributed by atoms with E-state index in [0.717, 1.165) is 5.56 Å². The molecular weight excluding hydrogens is 460 g/mol. The van der Waals surface area contributed by atoms with Crippen LogP contribution in [0.25, 0.3) is 11.5 Å². The van der Waals surface area contributed by atoms with Gasteiger partial charge in [0.2, 0.25) is 0 Å². The van der Waals surface area contributed by atoms with Crippen LogP contribution in [0.5, 0.6) is 5.75 Å². The molecule has 0 bridgehead atoms. The summed E-state index contributed by atoms with van der Waals surface area (Å²) in [5.74, 6) is 0.925. The maximum atomic E-state index is 13.5. The van der Waals surface area contributed by atoms with E-state index in [-0.39, 0.29) is 25.1 Å². The standard InChI is InChI=1S/C22H28N6O5S/c1-13(2)33-20(21-24-8-14(3)9-25-21)15(4)34(30,31)12-18-26-27-22-19-17(6-5-7-23-19)32-11-16(10-29)28(18)22/h5-9,13,15-16,20,29H,10-12H2,1-4H3/t15-,16+,20+/m0/s1. The smallest absolute Gasteiger partial charge is 0.186 e. The summed E-state index contributed by atoms with van der Waals surface area (Å²) in [6.07, 6.45) is 3.75. The summed E-state index contributed by atoms with van der Waals surface area (Å²) in [6, 6.07) is 2.91. The van der Waals surface area contributed by atoms with Crippen molar-refractivity contribution in [3.8, 4) is 17.3 Å². The average molecular weight is 489 g/mol. The summed E-state index contributed by atoms with van der Waals surface area (Å²) in [5, 5.41) is 17.4. The van der Waals surface area contributed by atoms with Gasteiger partial charge in [0.1, 0.15) is 35.7 Å². The lowest BCUT2D eigenvalue weighted by molar-refractivity contribution is 0.00140. The number of rotatable bonds is 8. The molecule has 1 N–H and O–H groups in total. The second-order valence-electron chi connectivity index (χ2n) is 8.54. The Labute approximate surface area is 198 Å². The van der Waals surface area contributed by atoms with Crippen molar-refractivity contribution >= 4 is 9.84 Å². The van der Waals surface area contributed by atoms with E-state index in [1.54, 1.807) is 42.2 Å². The fourth-order valence-electron chi connectivity index (χ4n) is 3.76. The van der Waals surface area contributed by atoms with E-state index in [1.165, 1.54) is 0 Å². The first-order valence-corrected chi connectivity index (χ1v) is 12.7. The summed E-state index contributed by atoms with van der Waals surface area (Å²) in [5.41, 5.74) is 1.30. The summed E-state index contributed by atoms with van der Waals surface area (Å²) in [7, 11) is -3.81. The van der Waals surface area contributed by atoms with Crippen LogP contribution in [0.1, 0.15) is 50.1 Å². The molecule has 0 amide bonds. The molecule has 0 radical (unpaired) electrons.